The zero-order chi connectivity index (χ0) is 14.4. The topological polar surface area (TPSA) is 86.7 Å². The van der Waals surface area contributed by atoms with Crippen molar-refractivity contribution in [1.82, 2.24) is 0 Å². The quantitative estimate of drug-likeness (QED) is 0.379. The first-order valence-corrected chi connectivity index (χ1v) is 6.20. The molecule has 0 bridgehead atoms. The van der Waals surface area contributed by atoms with E-state index in [1.165, 1.54) is 6.08 Å². The van der Waals surface area contributed by atoms with Crippen molar-refractivity contribution in [1.29, 1.82) is 0 Å². The van der Waals surface area contributed by atoms with Crippen LogP contribution >= 0.6 is 0 Å². The first kappa shape index (κ1) is 12.6. The third kappa shape index (κ3) is 1.83. The lowest BCUT2D eigenvalue weighted by molar-refractivity contribution is -0.155. The first-order valence-electron chi connectivity index (χ1n) is 6.20. The number of hydrogen-bond donors (Lipinski definition) is 0. The summed E-state index contributed by atoms with van der Waals surface area (Å²) in [7, 11) is 0. The van der Waals surface area contributed by atoms with Crippen LogP contribution in [-0.4, -0.2) is 23.9 Å². The first-order chi connectivity index (χ1) is 9.47. The highest BCUT2D eigenvalue weighted by atomic mass is 16.6. The molecule has 0 aromatic carbocycles. The molecule has 0 aromatic rings. The van der Waals surface area contributed by atoms with E-state index in [1.807, 2.05) is 0 Å². The monoisotopic (exact) mass is 274 g/mol. The summed E-state index contributed by atoms with van der Waals surface area (Å²) >= 11 is 0. The Kier molecular flexibility index (Phi) is 2.71. The molecule has 6 nitrogen and oxygen atoms in total. The number of ether oxygens (including phenoxy) is 2. The maximum Gasteiger partial charge on any atom is 0.342 e. The molecule has 1 aliphatic carbocycles. The Morgan fingerprint density at radius 3 is 2.50 bits per heavy atom. The smallest absolute Gasteiger partial charge is 0.342 e. The summed E-state index contributed by atoms with van der Waals surface area (Å²) in [6, 6.07) is 0. The minimum absolute atomic E-state index is 0.0655. The van der Waals surface area contributed by atoms with Crippen LogP contribution in [0.15, 0.2) is 11.6 Å². The lowest BCUT2D eigenvalue weighted by Gasteiger charge is -2.10. The molecule has 6 heteroatoms. The second kappa shape index (κ2) is 4.30. The summed E-state index contributed by atoms with van der Waals surface area (Å²) < 4.78 is 9.09. The number of allylic oxidation sites excluding steroid dienone is 1. The normalized spacial score (nSPS) is 35.5. The molecular weight excluding hydrogens is 264 g/mol. The molecule has 0 amide bonds. The number of carbonyl (C=O) groups is 4. The molecule has 0 N–H and O–H groups in total. The summed E-state index contributed by atoms with van der Waals surface area (Å²) in [5, 5.41) is 0. The molecule has 2 aliphatic heterocycles. The molecule has 0 saturated carbocycles. The van der Waals surface area contributed by atoms with E-state index in [1.54, 1.807) is 6.92 Å². The fraction of sp³-hybridized carbons (Fsp3) is 0.429. The van der Waals surface area contributed by atoms with Crippen LogP contribution in [0.2, 0.25) is 0 Å². The zero-order valence-electron chi connectivity index (χ0n) is 10.5. The predicted octanol–water partition coefficient (Wildman–Crippen LogP) is -0.0286. The second-order valence-electron chi connectivity index (χ2n) is 5.02. The number of rotatable bonds is 1. The van der Waals surface area contributed by atoms with Gasteiger partial charge in [-0.05, 0) is 0 Å². The van der Waals surface area contributed by atoms with Gasteiger partial charge < -0.3 is 9.47 Å². The van der Waals surface area contributed by atoms with E-state index in [2.05, 4.69) is 21.3 Å². The maximum absolute atomic E-state index is 11.7. The molecule has 102 valence electrons. The van der Waals surface area contributed by atoms with Crippen LogP contribution in [0.5, 0.6) is 0 Å². The number of esters is 4. The van der Waals surface area contributed by atoms with E-state index in [0.29, 0.717) is 0 Å². The fourth-order valence-electron chi connectivity index (χ4n) is 2.64. The minimum Gasteiger partial charge on any atom is -0.393 e. The number of hydrogen-bond acceptors (Lipinski definition) is 6. The molecule has 0 aromatic heterocycles. The summed E-state index contributed by atoms with van der Waals surface area (Å²) in [6.07, 6.45) is 1.41. The van der Waals surface area contributed by atoms with Crippen molar-refractivity contribution in [3.63, 3.8) is 0 Å². The van der Waals surface area contributed by atoms with Crippen LogP contribution < -0.4 is 0 Å². The molecule has 2 saturated heterocycles. The van der Waals surface area contributed by atoms with Crippen LogP contribution in [0.25, 0.3) is 0 Å². The summed E-state index contributed by atoms with van der Waals surface area (Å²) in [4.78, 5) is 46.0. The Morgan fingerprint density at radius 1 is 1.10 bits per heavy atom. The molecule has 0 radical (unpaired) electrons. The Hall–Kier alpha value is -2.42. The van der Waals surface area contributed by atoms with E-state index in [9.17, 15) is 19.2 Å². The maximum atomic E-state index is 11.7. The molecule has 20 heavy (non-hydrogen) atoms. The Bertz CT molecular complexity index is 632. The highest BCUT2D eigenvalue weighted by Gasteiger charge is 2.45. The van der Waals surface area contributed by atoms with Gasteiger partial charge >= 0.3 is 23.9 Å². The van der Waals surface area contributed by atoms with Crippen molar-refractivity contribution >= 4 is 23.9 Å². The molecule has 3 rings (SSSR count). The third-order valence-electron chi connectivity index (χ3n) is 3.69. The van der Waals surface area contributed by atoms with Crippen LogP contribution in [0.4, 0.5) is 0 Å². The lowest BCUT2D eigenvalue weighted by atomic mass is 9.87. The van der Waals surface area contributed by atoms with E-state index in [0.717, 1.165) is 0 Å². The molecule has 4 atom stereocenters. The standard InChI is InChI=1S/C14H10O6/c1-6-2-3-7(8-5-10(15)19-12(8)16)4-9-11(6)14(18)20-13(9)17/h4,6-8,11H,5H2,1H3. The summed E-state index contributed by atoms with van der Waals surface area (Å²) in [5.41, 5.74) is 0.206. The van der Waals surface area contributed by atoms with Gasteiger partial charge in [0.2, 0.25) is 0 Å². The van der Waals surface area contributed by atoms with Gasteiger partial charge in [0, 0.05) is 5.92 Å². The molecule has 2 heterocycles. The molecule has 3 aliphatic rings. The second-order valence-corrected chi connectivity index (χ2v) is 5.02. The van der Waals surface area contributed by atoms with Gasteiger partial charge in [-0.2, -0.15) is 0 Å². The summed E-state index contributed by atoms with van der Waals surface area (Å²) in [6.45, 7) is 1.71. The van der Waals surface area contributed by atoms with Crippen LogP contribution in [0.1, 0.15) is 13.3 Å². The Labute approximate surface area is 114 Å². The van der Waals surface area contributed by atoms with Crippen molar-refractivity contribution in [2.75, 3.05) is 0 Å². The SMILES string of the molecule is CC1C#CC(C2CC(=O)OC2=O)C=C2C(=O)OC(=O)C21. The lowest BCUT2D eigenvalue weighted by Crippen LogP contribution is -2.18. The number of cyclic esters (lactones) is 4. The van der Waals surface area contributed by atoms with Crippen LogP contribution in [0.3, 0.4) is 0 Å². The van der Waals surface area contributed by atoms with Crippen molar-refractivity contribution in [2.45, 2.75) is 13.3 Å². The van der Waals surface area contributed by atoms with E-state index in [4.69, 9.17) is 0 Å². The van der Waals surface area contributed by atoms with Crippen molar-refractivity contribution < 1.29 is 28.7 Å². The Balaban J connectivity index is 1.99. The van der Waals surface area contributed by atoms with Gasteiger partial charge in [0.15, 0.2) is 0 Å². The van der Waals surface area contributed by atoms with Crippen LogP contribution in [-0.2, 0) is 28.7 Å². The average Bonchev–Trinajstić information content (AvgIpc) is 2.77. The third-order valence-corrected chi connectivity index (χ3v) is 3.69. The molecule has 4 unspecified atom stereocenters. The average molecular weight is 274 g/mol. The zero-order valence-corrected chi connectivity index (χ0v) is 10.5. The predicted molar refractivity (Wildman–Crippen MR) is 62.3 cm³/mol. The van der Waals surface area contributed by atoms with Gasteiger partial charge in [0.05, 0.1) is 23.8 Å². The van der Waals surface area contributed by atoms with E-state index in [-0.39, 0.29) is 17.9 Å². The molecule has 0 spiro atoms. The largest absolute Gasteiger partial charge is 0.393 e. The van der Waals surface area contributed by atoms with Crippen molar-refractivity contribution in [2.24, 2.45) is 23.7 Å². The number of carbonyl (C=O) groups excluding carboxylic acids is 4. The highest BCUT2D eigenvalue weighted by molar-refractivity contribution is 6.08. The van der Waals surface area contributed by atoms with Gasteiger partial charge in [-0.3, -0.25) is 14.4 Å². The van der Waals surface area contributed by atoms with Crippen molar-refractivity contribution in [3.05, 3.63) is 11.6 Å². The molecule has 2 fully saturated rings. The fourth-order valence-corrected chi connectivity index (χ4v) is 2.64. The van der Waals surface area contributed by atoms with Gasteiger partial charge in [0.1, 0.15) is 5.92 Å². The van der Waals surface area contributed by atoms with Gasteiger partial charge in [0.25, 0.3) is 0 Å². The summed E-state index contributed by atoms with van der Waals surface area (Å²) in [5.74, 6) is 0.711. The van der Waals surface area contributed by atoms with Crippen molar-refractivity contribution in [3.8, 4) is 11.8 Å². The van der Waals surface area contributed by atoms with Crippen LogP contribution in [0, 0.1) is 35.5 Å². The molecular formula is C14H10O6. The van der Waals surface area contributed by atoms with E-state index < -0.39 is 41.6 Å². The van der Waals surface area contributed by atoms with Gasteiger partial charge in [-0.1, -0.05) is 24.8 Å². The van der Waals surface area contributed by atoms with Gasteiger partial charge in [-0.15, -0.1) is 0 Å². The number of fused-ring (bicyclic) bond motifs is 1. The highest BCUT2D eigenvalue weighted by Crippen LogP contribution is 2.35. The Morgan fingerprint density at radius 2 is 1.85 bits per heavy atom. The van der Waals surface area contributed by atoms with E-state index >= 15 is 0 Å². The minimum atomic E-state index is -0.725. The van der Waals surface area contributed by atoms with Gasteiger partial charge in [-0.25, -0.2) is 4.79 Å².